The van der Waals surface area contributed by atoms with Crippen molar-refractivity contribution < 1.29 is 8.78 Å². The van der Waals surface area contributed by atoms with Crippen molar-refractivity contribution in [2.75, 3.05) is 14.1 Å². The predicted molar refractivity (Wildman–Crippen MR) is 81.9 cm³/mol. The van der Waals surface area contributed by atoms with E-state index in [0.717, 1.165) is 18.9 Å². The van der Waals surface area contributed by atoms with Crippen LogP contribution in [-0.4, -0.2) is 34.1 Å². The highest BCUT2D eigenvalue weighted by atomic mass is 32.1. The molecule has 1 N–H and O–H groups in total. The van der Waals surface area contributed by atoms with Gasteiger partial charge in [0.2, 0.25) is 0 Å². The van der Waals surface area contributed by atoms with E-state index in [9.17, 15) is 8.78 Å². The van der Waals surface area contributed by atoms with Crippen molar-refractivity contribution in [3.05, 3.63) is 28.5 Å². The molecule has 0 unspecified atom stereocenters. The molecule has 1 saturated carbocycles. The van der Waals surface area contributed by atoms with Crippen LogP contribution in [0, 0.1) is 16.4 Å². The zero-order valence-electron chi connectivity index (χ0n) is 12.2. The Hall–Kier alpha value is -1.27. The molecule has 21 heavy (non-hydrogen) atoms. The second-order valence-electron chi connectivity index (χ2n) is 6.12. The van der Waals surface area contributed by atoms with Gasteiger partial charge in [-0.15, -0.1) is 0 Å². The van der Waals surface area contributed by atoms with Gasteiger partial charge in [0.05, 0.1) is 5.52 Å². The molecular formula is C15H19F2N3S. The summed E-state index contributed by atoms with van der Waals surface area (Å²) in [5, 5.41) is 0. The molecule has 0 saturated heterocycles. The highest BCUT2D eigenvalue weighted by Gasteiger charge is 2.36. The SMILES string of the molecule is CN(C)C1(Cn2c(=S)[nH]c3c(F)cc(F)cc32)CCCC1. The summed E-state index contributed by atoms with van der Waals surface area (Å²) in [4.78, 5) is 5.09. The summed E-state index contributed by atoms with van der Waals surface area (Å²) in [5.41, 5.74) is 0.801. The van der Waals surface area contributed by atoms with E-state index in [1.807, 2.05) is 4.57 Å². The van der Waals surface area contributed by atoms with Crippen LogP contribution in [0.25, 0.3) is 11.0 Å². The van der Waals surface area contributed by atoms with Gasteiger partial charge >= 0.3 is 0 Å². The minimum absolute atomic E-state index is 0.0101. The van der Waals surface area contributed by atoms with Crippen LogP contribution >= 0.6 is 12.2 Å². The molecular weight excluding hydrogens is 292 g/mol. The first-order valence-corrected chi connectivity index (χ1v) is 7.59. The van der Waals surface area contributed by atoms with Crippen LogP contribution in [0.15, 0.2) is 12.1 Å². The fourth-order valence-electron chi connectivity index (χ4n) is 3.41. The van der Waals surface area contributed by atoms with Crippen LogP contribution in [0.2, 0.25) is 0 Å². The van der Waals surface area contributed by atoms with Gasteiger partial charge in [-0.3, -0.25) is 0 Å². The third-order valence-corrected chi connectivity index (χ3v) is 5.06. The van der Waals surface area contributed by atoms with Gasteiger partial charge in [-0.2, -0.15) is 0 Å². The molecule has 2 aromatic rings. The summed E-state index contributed by atoms with van der Waals surface area (Å²) in [6, 6.07) is 2.23. The molecule has 0 aliphatic heterocycles. The number of likely N-dealkylation sites (N-methyl/N-ethyl adjacent to an activating group) is 1. The zero-order valence-corrected chi connectivity index (χ0v) is 13.1. The number of aromatic amines is 1. The lowest BCUT2D eigenvalue weighted by atomic mass is 9.96. The highest BCUT2D eigenvalue weighted by molar-refractivity contribution is 7.71. The Morgan fingerprint density at radius 2 is 1.95 bits per heavy atom. The number of fused-ring (bicyclic) bond motifs is 1. The van der Waals surface area contributed by atoms with E-state index in [2.05, 4.69) is 24.0 Å². The molecule has 1 heterocycles. The van der Waals surface area contributed by atoms with E-state index in [-0.39, 0.29) is 11.1 Å². The Labute approximate surface area is 127 Å². The first-order valence-electron chi connectivity index (χ1n) is 7.18. The normalized spacial score (nSPS) is 18.0. The van der Waals surface area contributed by atoms with Gasteiger partial charge in [0.25, 0.3) is 0 Å². The molecule has 0 spiro atoms. The summed E-state index contributed by atoms with van der Waals surface area (Å²) in [5.74, 6) is -1.17. The van der Waals surface area contributed by atoms with Gasteiger partial charge in [0.15, 0.2) is 10.6 Å². The summed E-state index contributed by atoms with van der Waals surface area (Å²) in [7, 11) is 4.12. The topological polar surface area (TPSA) is 24.0 Å². The first-order chi connectivity index (χ1) is 9.93. The van der Waals surface area contributed by atoms with Gasteiger partial charge in [0, 0.05) is 18.2 Å². The predicted octanol–water partition coefficient (Wildman–Crippen LogP) is 3.85. The van der Waals surface area contributed by atoms with Gasteiger partial charge in [-0.25, -0.2) is 8.78 Å². The molecule has 3 nitrogen and oxygen atoms in total. The van der Waals surface area contributed by atoms with E-state index in [1.54, 1.807) is 0 Å². The third-order valence-electron chi connectivity index (χ3n) is 4.74. The van der Waals surface area contributed by atoms with Crippen LogP contribution in [0.3, 0.4) is 0 Å². The van der Waals surface area contributed by atoms with Crippen molar-refractivity contribution in [2.24, 2.45) is 0 Å². The van der Waals surface area contributed by atoms with Crippen molar-refractivity contribution in [1.82, 2.24) is 14.5 Å². The minimum atomic E-state index is -0.597. The first kappa shape index (κ1) is 14.7. The van der Waals surface area contributed by atoms with E-state index in [0.29, 0.717) is 16.8 Å². The highest BCUT2D eigenvalue weighted by Crippen LogP contribution is 2.36. The maximum Gasteiger partial charge on any atom is 0.178 e. The Bertz CT molecular complexity index is 726. The van der Waals surface area contributed by atoms with E-state index in [1.165, 1.54) is 18.9 Å². The Morgan fingerprint density at radius 1 is 1.29 bits per heavy atom. The van der Waals surface area contributed by atoms with Crippen molar-refractivity contribution in [2.45, 2.75) is 37.8 Å². The lowest BCUT2D eigenvalue weighted by molar-refractivity contribution is 0.135. The number of benzene rings is 1. The Kier molecular flexibility index (Phi) is 3.61. The van der Waals surface area contributed by atoms with Crippen molar-refractivity contribution in [3.63, 3.8) is 0 Å². The number of rotatable bonds is 3. The summed E-state index contributed by atoms with van der Waals surface area (Å²) in [6.45, 7) is 0.654. The molecule has 1 aliphatic carbocycles. The van der Waals surface area contributed by atoms with E-state index < -0.39 is 11.6 Å². The van der Waals surface area contributed by atoms with Crippen molar-refractivity contribution in [3.8, 4) is 0 Å². The van der Waals surface area contributed by atoms with E-state index >= 15 is 0 Å². The lowest BCUT2D eigenvalue weighted by Gasteiger charge is -2.36. The van der Waals surface area contributed by atoms with Crippen LogP contribution in [0.4, 0.5) is 8.78 Å². The molecule has 1 fully saturated rings. The third kappa shape index (κ3) is 2.40. The average Bonchev–Trinajstić information content (AvgIpc) is 2.99. The van der Waals surface area contributed by atoms with Crippen molar-refractivity contribution >= 4 is 23.3 Å². The molecule has 0 radical (unpaired) electrons. The summed E-state index contributed by atoms with van der Waals surface area (Å²) in [6.07, 6.45) is 4.51. The number of nitrogens with zero attached hydrogens (tertiary/aromatic N) is 2. The molecule has 3 rings (SSSR count). The molecule has 114 valence electrons. The lowest BCUT2D eigenvalue weighted by Crippen LogP contribution is -2.45. The molecule has 0 atom stereocenters. The number of H-pyrrole nitrogens is 1. The molecule has 0 bridgehead atoms. The number of hydrogen-bond acceptors (Lipinski definition) is 2. The molecule has 0 amide bonds. The van der Waals surface area contributed by atoms with Crippen LogP contribution in [0.5, 0.6) is 0 Å². The van der Waals surface area contributed by atoms with Gasteiger partial charge < -0.3 is 14.5 Å². The van der Waals surface area contributed by atoms with Gasteiger partial charge in [-0.1, -0.05) is 12.8 Å². The average molecular weight is 311 g/mol. The standard InChI is InChI=1S/C15H19F2N3S/c1-19(2)15(5-3-4-6-15)9-20-12-8-10(16)7-11(17)13(12)18-14(20)21/h7-8H,3-6,9H2,1-2H3,(H,18,21). The second kappa shape index (κ2) is 5.18. The van der Waals surface area contributed by atoms with E-state index in [4.69, 9.17) is 12.2 Å². The number of imidazole rings is 1. The summed E-state index contributed by atoms with van der Waals surface area (Å²) < 4.78 is 29.7. The molecule has 1 aliphatic rings. The largest absolute Gasteiger partial charge is 0.328 e. The number of aromatic nitrogens is 2. The molecule has 6 heteroatoms. The fraction of sp³-hybridized carbons (Fsp3) is 0.533. The Balaban J connectivity index is 2.12. The zero-order chi connectivity index (χ0) is 15.2. The molecule has 1 aromatic carbocycles. The number of halogens is 2. The maximum absolute atomic E-state index is 13.9. The second-order valence-corrected chi connectivity index (χ2v) is 6.51. The number of hydrogen-bond donors (Lipinski definition) is 1. The van der Waals surface area contributed by atoms with Gasteiger partial charge in [-0.05, 0) is 45.2 Å². The van der Waals surface area contributed by atoms with Crippen LogP contribution < -0.4 is 0 Å². The Morgan fingerprint density at radius 3 is 2.57 bits per heavy atom. The molecule has 1 aromatic heterocycles. The van der Waals surface area contributed by atoms with Crippen LogP contribution in [0.1, 0.15) is 25.7 Å². The fourth-order valence-corrected chi connectivity index (χ4v) is 3.68. The smallest absolute Gasteiger partial charge is 0.178 e. The quantitative estimate of drug-likeness (QED) is 0.871. The summed E-state index contributed by atoms with van der Waals surface area (Å²) >= 11 is 5.33. The maximum atomic E-state index is 13.9. The van der Waals surface area contributed by atoms with Crippen LogP contribution in [-0.2, 0) is 6.54 Å². The number of nitrogens with one attached hydrogen (secondary N) is 1. The van der Waals surface area contributed by atoms with Gasteiger partial charge in [0.1, 0.15) is 11.3 Å². The minimum Gasteiger partial charge on any atom is -0.328 e. The van der Waals surface area contributed by atoms with Crippen molar-refractivity contribution in [1.29, 1.82) is 0 Å². The monoisotopic (exact) mass is 311 g/mol.